The maximum absolute atomic E-state index is 13.2. The van der Waals surface area contributed by atoms with Gasteiger partial charge in [-0.2, -0.15) is 0 Å². The van der Waals surface area contributed by atoms with Crippen LogP contribution in [-0.2, 0) is 25.9 Å². The third-order valence-corrected chi connectivity index (χ3v) is 7.71. The van der Waals surface area contributed by atoms with E-state index in [4.69, 9.17) is 22.7 Å². The summed E-state index contributed by atoms with van der Waals surface area (Å²) in [5.41, 5.74) is 8.65. The lowest BCUT2D eigenvalue weighted by Crippen LogP contribution is -2.28. The van der Waals surface area contributed by atoms with E-state index in [-0.39, 0.29) is 59.2 Å². The number of hydrogen-bond donors (Lipinski definition) is 8. The van der Waals surface area contributed by atoms with Gasteiger partial charge in [-0.25, -0.2) is 0 Å². The maximum atomic E-state index is 13.2. The van der Waals surface area contributed by atoms with Gasteiger partial charge in [0, 0.05) is 69.3 Å². The number of carbonyl (C=O) groups is 5. The predicted octanol–water partition coefficient (Wildman–Crippen LogP) is 4.11. The number of carbonyl (C=O) groups excluding carboxylic acids is 5. The van der Waals surface area contributed by atoms with Crippen LogP contribution in [0.3, 0.4) is 0 Å². The predicted molar refractivity (Wildman–Crippen MR) is 198 cm³/mol. The van der Waals surface area contributed by atoms with Crippen molar-refractivity contribution in [1.29, 1.82) is 5.41 Å². The minimum atomic E-state index is -0.536. The van der Waals surface area contributed by atoms with Gasteiger partial charge < -0.3 is 51.0 Å². The van der Waals surface area contributed by atoms with Crippen molar-refractivity contribution in [3.63, 3.8) is 0 Å². The summed E-state index contributed by atoms with van der Waals surface area (Å²) in [6, 6.07) is 11.2. The fourth-order valence-corrected chi connectivity index (χ4v) is 5.14. The van der Waals surface area contributed by atoms with Gasteiger partial charge in [-0.3, -0.25) is 29.4 Å². The highest BCUT2D eigenvalue weighted by atomic mass is 35.5. The van der Waals surface area contributed by atoms with Crippen LogP contribution in [0.4, 0.5) is 22.7 Å². The van der Waals surface area contributed by atoms with E-state index >= 15 is 0 Å². The molecule has 0 saturated carbocycles. The first-order valence-electron chi connectivity index (χ1n) is 15.0. The molecule has 4 aromatic heterocycles. The largest absolute Gasteiger partial charge is 0.388 e. The van der Waals surface area contributed by atoms with Crippen LogP contribution in [0.1, 0.15) is 48.4 Å². The van der Waals surface area contributed by atoms with E-state index in [0.29, 0.717) is 39.3 Å². The molecule has 0 radical (unpaired) electrons. The number of benzene rings is 1. The highest BCUT2D eigenvalue weighted by Gasteiger charge is 2.20. The molecule has 266 valence electrons. The number of nitrogens with one attached hydrogen (secondary N) is 7. The molecule has 0 saturated heterocycles. The van der Waals surface area contributed by atoms with Crippen LogP contribution in [0, 0.1) is 5.41 Å². The van der Waals surface area contributed by atoms with Crippen molar-refractivity contribution in [3.8, 4) is 0 Å². The highest BCUT2D eigenvalue weighted by Crippen LogP contribution is 2.23. The second-order valence-corrected chi connectivity index (χ2v) is 11.9. The van der Waals surface area contributed by atoms with E-state index in [0.717, 1.165) is 0 Å². The van der Waals surface area contributed by atoms with Crippen molar-refractivity contribution in [2.75, 3.05) is 27.8 Å². The Kier molecular flexibility index (Phi) is 11.4. The number of halogens is 2. The molecular weight excluding hydrogens is 701 g/mol. The molecule has 5 aromatic rings. The average molecular weight is 737 g/mol. The normalized spacial score (nSPS) is 10.6. The zero-order valence-corrected chi connectivity index (χ0v) is 29.2. The van der Waals surface area contributed by atoms with Crippen molar-refractivity contribution < 1.29 is 24.0 Å². The Hall–Kier alpha value is -6.26. The Morgan fingerprint density at radius 2 is 1.24 bits per heavy atom. The Balaban J connectivity index is 0.00000583. The molecule has 51 heavy (non-hydrogen) atoms. The first-order valence-corrected chi connectivity index (χ1v) is 15.4. The SMILES string of the molecule is C=C(Cl)C(=O)Nc1ccc2[nH]c(C(=O)Nc3cc(C(=O)Nc4cc(C(=O)Nc5cc(C(=O)NCCC(=N)N)n(C)c5)n(C)c4)n(C)c3)cc2c1.Cl. The molecule has 1 aromatic carbocycles. The second-order valence-electron chi connectivity index (χ2n) is 11.4. The number of amides is 5. The number of nitrogens with zero attached hydrogens (tertiary/aromatic N) is 3. The van der Waals surface area contributed by atoms with Crippen LogP contribution >= 0.6 is 24.0 Å². The van der Waals surface area contributed by atoms with Crippen LogP contribution in [0.25, 0.3) is 10.9 Å². The number of amidine groups is 1. The summed E-state index contributed by atoms with van der Waals surface area (Å²) in [5.74, 6) is -2.34. The van der Waals surface area contributed by atoms with E-state index in [1.54, 1.807) is 77.7 Å². The van der Waals surface area contributed by atoms with Crippen LogP contribution < -0.4 is 32.3 Å². The minimum absolute atomic E-state index is 0. The molecule has 0 bridgehead atoms. The molecule has 0 spiro atoms. The van der Waals surface area contributed by atoms with Gasteiger partial charge >= 0.3 is 0 Å². The van der Waals surface area contributed by atoms with Gasteiger partial charge in [0.15, 0.2) is 0 Å². The maximum Gasteiger partial charge on any atom is 0.272 e. The number of hydrogen-bond acceptors (Lipinski definition) is 6. The lowest BCUT2D eigenvalue weighted by Gasteiger charge is -2.04. The Morgan fingerprint density at radius 3 is 1.73 bits per heavy atom. The molecule has 0 aliphatic rings. The first-order chi connectivity index (χ1) is 23.7. The zero-order valence-electron chi connectivity index (χ0n) is 27.6. The molecule has 0 unspecified atom stereocenters. The molecule has 0 aliphatic carbocycles. The lowest BCUT2D eigenvalue weighted by atomic mass is 10.2. The summed E-state index contributed by atoms with van der Waals surface area (Å²) in [4.78, 5) is 66.7. The molecule has 0 aliphatic heterocycles. The number of fused-ring (bicyclic) bond motifs is 1. The van der Waals surface area contributed by atoms with Crippen molar-refractivity contribution >= 4 is 93.0 Å². The fraction of sp³-hybridized carbons (Fsp3) is 0.152. The Morgan fingerprint density at radius 1 is 0.745 bits per heavy atom. The molecule has 4 heterocycles. The monoisotopic (exact) mass is 735 g/mol. The summed E-state index contributed by atoms with van der Waals surface area (Å²) in [5, 5.41) is 21.4. The molecular formula is C33H35Cl2N11O5. The molecule has 0 atom stereocenters. The third-order valence-electron chi connectivity index (χ3n) is 7.54. The standard InChI is InChI=1S/C33H34ClN11O5.ClH/c1-17(34)29(46)38-19-5-6-23-18(9-19)10-24(42-23)30(47)39-20-12-26(44(3)14-20)32(49)41-22-13-27(45(4)16-22)33(50)40-21-11-25(43(2)15-21)31(48)37-8-7-28(35)36;/h5-6,9-16,42H,1,7-8H2,2-4H3,(H3,35,36)(H,37,48)(H,38,46)(H,39,47)(H,40,50)(H,41,49);1H. The number of anilines is 4. The average Bonchev–Trinajstić information content (AvgIpc) is 3.81. The van der Waals surface area contributed by atoms with Gasteiger partial charge in [-0.1, -0.05) is 18.2 Å². The molecule has 5 amide bonds. The molecule has 18 heteroatoms. The molecule has 9 N–H and O–H groups in total. The van der Waals surface area contributed by atoms with Gasteiger partial charge in [0.05, 0.1) is 27.9 Å². The summed E-state index contributed by atoms with van der Waals surface area (Å²) in [7, 11) is 4.97. The Labute approximate surface area is 302 Å². The van der Waals surface area contributed by atoms with Crippen molar-refractivity contribution in [1.82, 2.24) is 24.0 Å². The van der Waals surface area contributed by atoms with E-state index in [2.05, 4.69) is 38.1 Å². The zero-order chi connectivity index (χ0) is 36.3. The summed E-state index contributed by atoms with van der Waals surface area (Å²) < 4.78 is 4.66. The number of rotatable bonds is 12. The van der Waals surface area contributed by atoms with Crippen LogP contribution in [0.5, 0.6) is 0 Å². The second kappa shape index (κ2) is 15.5. The summed E-state index contributed by atoms with van der Waals surface area (Å²) in [6.45, 7) is 3.60. The fourth-order valence-electron chi connectivity index (χ4n) is 5.10. The number of aromatic nitrogens is 4. The Bertz CT molecular complexity index is 2210. The summed E-state index contributed by atoms with van der Waals surface area (Å²) in [6.07, 6.45) is 4.98. The lowest BCUT2D eigenvalue weighted by molar-refractivity contribution is -0.112. The summed E-state index contributed by atoms with van der Waals surface area (Å²) >= 11 is 5.64. The van der Waals surface area contributed by atoms with E-state index in [1.165, 1.54) is 18.2 Å². The topological polar surface area (TPSA) is 226 Å². The van der Waals surface area contributed by atoms with Crippen molar-refractivity contribution in [2.24, 2.45) is 26.9 Å². The smallest absolute Gasteiger partial charge is 0.272 e. The van der Waals surface area contributed by atoms with Gasteiger partial charge in [0.25, 0.3) is 29.5 Å². The number of H-pyrrole nitrogens is 1. The highest BCUT2D eigenvalue weighted by molar-refractivity contribution is 6.43. The first kappa shape index (κ1) is 37.6. The number of aryl methyl sites for hydroxylation is 3. The third kappa shape index (κ3) is 8.86. The quantitative estimate of drug-likeness (QED) is 0.0534. The minimum Gasteiger partial charge on any atom is -0.388 e. The van der Waals surface area contributed by atoms with Gasteiger partial charge in [0.1, 0.15) is 22.8 Å². The molecule has 5 rings (SSSR count). The van der Waals surface area contributed by atoms with Crippen molar-refractivity contribution in [2.45, 2.75) is 6.42 Å². The van der Waals surface area contributed by atoms with Crippen LogP contribution in [0.2, 0.25) is 0 Å². The van der Waals surface area contributed by atoms with E-state index in [1.807, 2.05) is 0 Å². The van der Waals surface area contributed by atoms with Gasteiger partial charge in [0.2, 0.25) is 0 Å². The van der Waals surface area contributed by atoms with Crippen molar-refractivity contribution in [3.05, 3.63) is 95.4 Å². The van der Waals surface area contributed by atoms with Gasteiger partial charge in [-0.05, 0) is 42.5 Å². The van der Waals surface area contributed by atoms with Crippen LogP contribution in [0.15, 0.2) is 72.7 Å². The molecule has 0 fully saturated rings. The number of aromatic amines is 1. The molecule has 16 nitrogen and oxygen atoms in total. The van der Waals surface area contributed by atoms with E-state index < -0.39 is 23.6 Å². The van der Waals surface area contributed by atoms with Gasteiger partial charge in [-0.15, -0.1) is 12.4 Å². The van der Waals surface area contributed by atoms with Crippen LogP contribution in [-0.4, -0.2) is 60.6 Å². The number of nitrogens with two attached hydrogens (primary N) is 1. The van der Waals surface area contributed by atoms with E-state index in [9.17, 15) is 24.0 Å².